The lowest BCUT2D eigenvalue weighted by Crippen LogP contribution is -2.38. The van der Waals surface area contributed by atoms with Gasteiger partial charge in [0, 0.05) is 12.0 Å². The van der Waals surface area contributed by atoms with Crippen molar-refractivity contribution in [2.24, 2.45) is 23.2 Å². The number of carbonyl (C=O) groups is 3. The average molecular weight is 1180 g/mol. The van der Waals surface area contributed by atoms with E-state index >= 15 is 0 Å². The summed E-state index contributed by atoms with van der Waals surface area (Å²) in [5.41, 5.74) is -0.392. The lowest BCUT2D eigenvalue weighted by molar-refractivity contribution is -0.155. The third-order valence-electron chi connectivity index (χ3n) is 14.4. The highest BCUT2D eigenvalue weighted by Gasteiger charge is 2.47. The number of ether oxygens (including phenoxy) is 21. The van der Waals surface area contributed by atoms with Gasteiger partial charge in [-0.3, -0.25) is 14.4 Å². The van der Waals surface area contributed by atoms with Gasteiger partial charge in [0.25, 0.3) is 0 Å². The minimum atomic E-state index is -0.392. The molecule has 5 aliphatic rings. The number of esters is 3. The van der Waals surface area contributed by atoms with Gasteiger partial charge in [0.15, 0.2) is 0 Å². The fraction of sp³-hybridized carbons (Fsp3) is 0.948. The Balaban J connectivity index is 0.824. The van der Waals surface area contributed by atoms with Crippen molar-refractivity contribution in [1.29, 1.82) is 0 Å². The molecule has 8 atom stereocenters. The Labute approximate surface area is 486 Å². The second-order valence-corrected chi connectivity index (χ2v) is 21.1. The molecule has 0 radical (unpaired) electrons. The van der Waals surface area contributed by atoms with E-state index in [0.29, 0.717) is 230 Å². The summed E-state index contributed by atoms with van der Waals surface area (Å²) < 4.78 is 119. The van der Waals surface area contributed by atoms with Crippen LogP contribution in [-0.4, -0.2) is 273 Å². The Morgan fingerprint density at radius 1 is 0.341 bits per heavy atom. The second-order valence-electron chi connectivity index (χ2n) is 21.1. The predicted molar refractivity (Wildman–Crippen MR) is 293 cm³/mol. The van der Waals surface area contributed by atoms with Crippen molar-refractivity contribution < 1.29 is 114 Å². The molecule has 3 heterocycles. The van der Waals surface area contributed by atoms with E-state index in [-0.39, 0.29) is 73.8 Å². The molecule has 3 saturated heterocycles. The molecule has 2 saturated carbocycles. The third-order valence-corrected chi connectivity index (χ3v) is 14.4. The lowest BCUT2D eigenvalue weighted by atomic mass is 9.86. The van der Waals surface area contributed by atoms with Crippen LogP contribution in [0.3, 0.4) is 0 Å². The molecule has 478 valence electrons. The zero-order chi connectivity index (χ0) is 57.8. The van der Waals surface area contributed by atoms with Gasteiger partial charge in [-0.15, -0.1) is 0 Å². The van der Waals surface area contributed by atoms with Crippen molar-refractivity contribution in [3.63, 3.8) is 0 Å². The van der Waals surface area contributed by atoms with E-state index in [1.807, 2.05) is 6.92 Å². The molecule has 0 aromatic carbocycles. The molecule has 82 heavy (non-hydrogen) atoms. The molecule has 24 nitrogen and oxygen atoms in total. The molecule has 5 fully saturated rings. The van der Waals surface area contributed by atoms with Crippen molar-refractivity contribution in [2.45, 2.75) is 109 Å². The number of hydrogen-bond acceptors (Lipinski definition) is 24. The van der Waals surface area contributed by atoms with Gasteiger partial charge < -0.3 is 99.5 Å². The highest BCUT2D eigenvalue weighted by molar-refractivity contribution is 5.73. The summed E-state index contributed by atoms with van der Waals surface area (Å²) in [6, 6.07) is 0. The SMILES string of the molecule is CCCC(COCCOCCOCCOCCOCCOC(=O)C1CCOC(C)C1)(COCCOCCOCCOCCOCCOC(=O)C1CCC2OC2C1)COCCOCCOCCOCCOCCOC(=O)C1CCC2OC2C1. The number of hydrogen-bond donors (Lipinski definition) is 0. The first-order valence-electron chi connectivity index (χ1n) is 30.4. The molecule has 24 heteroatoms. The van der Waals surface area contributed by atoms with Crippen LogP contribution in [0.2, 0.25) is 0 Å². The fourth-order valence-electron chi connectivity index (χ4n) is 9.78. The van der Waals surface area contributed by atoms with Crippen LogP contribution in [0.4, 0.5) is 0 Å². The van der Waals surface area contributed by atoms with Crippen LogP contribution in [0, 0.1) is 23.2 Å². The second kappa shape index (κ2) is 45.9. The molecular weight excluding hydrogens is 1080 g/mol. The van der Waals surface area contributed by atoms with E-state index in [1.165, 1.54) is 0 Å². The zero-order valence-electron chi connectivity index (χ0n) is 49.5. The number of fused-ring (bicyclic) bond motifs is 2. The van der Waals surface area contributed by atoms with E-state index < -0.39 is 5.41 Å². The third kappa shape index (κ3) is 33.6. The monoisotopic (exact) mass is 1180 g/mol. The molecule has 0 bridgehead atoms. The quantitative estimate of drug-likeness (QED) is 0.0365. The standard InChI is InChI=1S/C58H102O24/c1-3-9-58(46-76-34-31-70-22-19-64-13-16-67-25-28-73-37-40-80-57(61)50-8-10-77-47(2)41-50,44-74-32-29-68-20-17-62-11-14-65-23-26-71-35-38-78-55(59)48-4-6-51-53(42-48)81-51)45-75-33-30-69-21-18-63-12-15-66-24-27-72-36-39-79-56(60)49-5-7-52-54(43-49)82-52/h47-54H,3-46H2,1-2H3. The maximum absolute atomic E-state index is 12.2. The van der Waals surface area contributed by atoms with Crippen molar-refractivity contribution in [1.82, 2.24) is 0 Å². The molecule has 8 unspecified atom stereocenters. The van der Waals surface area contributed by atoms with Crippen LogP contribution in [-0.2, 0) is 114 Å². The van der Waals surface area contributed by atoms with Crippen molar-refractivity contribution in [3.8, 4) is 0 Å². The van der Waals surface area contributed by atoms with E-state index in [1.54, 1.807) is 0 Å². The summed E-state index contributed by atoms with van der Waals surface area (Å²) in [6.45, 7) is 17.8. The zero-order valence-corrected chi connectivity index (χ0v) is 49.5. The Morgan fingerprint density at radius 2 is 0.610 bits per heavy atom. The van der Waals surface area contributed by atoms with Crippen LogP contribution in [0.5, 0.6) is 0 Å². The van der Waals surface area contributed by atoms with Gasteiger partial charge in [0.05, 0.1) is 246 Å². The maximum atomic E-state index is 12.2. The summed E-state index contributed by atoms with van der Waals surface area (Å²) in [7, 11) is 0. The predicted octanol–water partition coefficient (Wildman–Crippen LogP) is 3.60. The Morgan fingerprint density at radius 3 is 0.878 bits per heavy atom. The molecule has 2 aliphatic carbocycles. The molecule has 3 aliphatic heterocycles. The van der Waals surface area contributed by atoms with Gasteiger partial charge in [-0.1, -0.05) is 13.3 Å². The summed E-state index contributed by atoms with van der Waals surface area (Å²) in [4.78, 5) is 36.7. The number of carbonyl (C=O) groups excluding carboxylic acids is 3. The molecule has 0 aromatic rings. The van der Waals surface area contributed by atoms with Crippen molar-refractivity contribution in [3.05, 3.63) is 0 Å². The molecule has 5 rings (SSSR count). The van der Waals surface area contributed by atoms with Crippen LogP contribution in [0.25, 0.3) is 0 Å². The first-order valence-corrected chi connectivity index (χ1v) is 30.4. The van der Waals surface area contributed by atoms with E-state index in [2.05, 4.69) is 6.92 Å². The minimum absolute atomic E-state index is 0.0564. The van der Waals surface area contributed by atoms with E-state index in [0.717, 1.165) is 51.4 Å². The average Bonchev–Trinajstić information content (AvgIpc) is 4.45. The summed E-state index contributed by atoms with van der Waals surface area (Å²) in [6.07, 6.45) is 9.53. The number of epoxide rings is 2. The normalized spacial score (nSPS) is 23.6. The molecule has 0 amide bonds. The molecular formula is C58H102O24. The summed E-state index contributed by atoms with van der Waals surface area (Å²) >= 11 is 0. The largest absolute Gasteiger partial charge is 0.463 e. The Kier molecular flexibility index (Phi) is 39.5. The number of rotatable bonds is 56. The van der Waals surface area contributed by atoms with Gasteiger partial charge >= 0.3 is 17.9 Å². The van der Waals surface area contributed by atoms with Crippen LogP contribution < -0.4 is 0 Å². The van der Waals surface area contributed by atoms with E-state index in [4.69, 9.17) is 99.5 Å². The highest BCUT2D eigenvalue weighted by atomic mass is 16.6. The minimum Gasteiger partial charge on any atom is -0.463 e. The van der Waals surface area contributed by atoms with Crippen LogP contribution >= 0.6 is 0 Å². The van der Waals surface area contributed by atoms with Crippen molar-refractivity contribution >= 4 is 17.9 Å². The van der Waals surface area contributed by atoms with Crippen molar-refractivity contribution in [2.75, 3.05) is 225 Å². The molecule has 0 N–H and O–H groups in total. The van der Waals surface area contributed by atoms with Crippen LogP contribution in [0.1, 0.15) is 78.1 Å². The maximum Gasteiger partial charge on any atom is 0.309 e. The van der Waals surface area contributed by atoms with Gasteiger partial charge in [0.2, 0.25) is 0 Å². The lowest BCUT2D eigenvalue weighted by Gasteiger charge is -2.33. The van der Waals surface area contributed by atoms with Crippen LogP contribution in [0.15, 0.2) is 0 Å². The van der Waals surface area contributed by atoms with Gasteiger partial charge in [-0.25, -0.2) is 0 Å². The molecule has 0 aromatic heterocycles. The Bertz CT molecular complexity index is 1450. The highest BCUT2D eigenvalue weighted by Crippen LogP contribution is 2.40. The smallest absolute Gasteiger partial charge is 0.309 e. The van der Waals surface area contributed by atoms with Gasteiger partial charge in [-0.05, 0) is 64.7 Å². The summed E-state index contributed by atoms with van der Waals surface area (Å²) in [5.74, 6) is -0.696. The van der Waals surface area contributed by atoms with E-state index in [9.17, 15) is 14.4 Å². The molecule has 0 spiro atoms. The van der Waals surface area contributed by atoms with Gasteiger partial charge in [0.1, 0.15) is 19.8 Å². The van der Waals surface area contributed by atoms with Gasteiger partial charge in [-0.2, -0.15) is 0 Å². The first kappa shape index (κ1) is 70.5. The Hall–Kier alpha value is -2.31. The topological polar surface area (TPSA) is 252 Å². The fourth-order valence-corrected chi connectivity index (χ4v) is 9.78. The first-order chi connectivity index (χ1) is 40.4. The summed E-state index contributed by atoms with van der Waals surface area (Å²) in [5, 5.41) is 0.